The lowest BCUT2D eigenvalue weighted by molar-refractivity contribution is 0.166. The van der Waals surface area contributed by atoms with E-state index >= 15 is 0 Å². The van der Waals surface area contributed by atoms with E-state index in [0.29, 0.717) is 0 Å². The molecular weight excluding hydrogens is 496 g/mol. The van der Waals surface area contributed by atoms with Gasteiger partial charge in [0.15, 0.2) is 0 Å². The summed E-state index contributed by atoms with van der Waals surface area (Å²) < 4.78 is 6.34. The first kappa shape index (κ1) is 32.9. The number of fused-ring (bicyclic) bond motifs is 1. The van der Waals surface area contributed by atoms with E-state index in [1.807, 2.05) is 0 Å². The summed E-state index contributed by atoms with van der Waals surface area (Å²) >= 11 is 0. The average molecular weight is 553 g/mol. The van der Waals surface area contributed by atoms with Crippen LogP contribution in [-0.2, 0) is 4.74 Å². The largest absolute Gasteiger partial charge is 0.358 e. The van der Waals surface area contributed by atoms with E-state index in [1.165, 1.54) is 60.0 Å². The van der Waals surface area contributed by atoms with E-state index in [0.717, 1.165) is 6.42 Å². The first-order valence-electron chi connectivity index (χ1n) is 15.7. The maximum atomic E-state index is 6.34. The lowest BCUT2D eigenvalue weighted by Gasteiger charge is -2.36. The Morgan fingerprint density at radius 2 is 1.17 bits per heavy atom. The highest BCUT2D eigenvalue weighted by Crippen LogP contribution is 2.66. The highest BCUT2D eigenvalue weighted by Gasteiger charge is 2.73. The second-order valence-electron chi connectivity index (χ2n) is 14.1. The van der Waals surface area contributed by atoms with Crippen LogP contribution in [0.1, 0.15) is 108 Å². The third kappa shape index (κ3) is 8.45. The molecule has 0 N–H and O–H groups in total. The average Bonchev–Trinajstić information content (AvgIpc) is 3.52. The van der Waals surface area contributed by atoms with E-state index in [-0.39, 0.29) is 22.0 Å². The Morgan fingerprint density at radius 1 is 0.634 bits per heavy atom. The Kier molecular flexibility index (Phi) is 10.9. The molecule has 2 unspecified atom stereocenters. The molecule has 2 aliphatic carbocycles. The highest BCUT2D eigenvalue weighted by atomic mass is 16.6. The van der Waals surface area contributed by atoms with Crippen LogP contribution in [-0.4, -0.2) is 11.2 Å². The number of ether oxygens (including phenoxy) is 1. The normalized spacial score (nSPS) is 29.6. The summed E-state index contributed by atoms with van der Waals surface area (Å²) in [7, 11) is 0. The summed E-state index contributed by atoms with van der Waals surface area (Å²) in [5, 5.41) is 0. The minimum absolute atomic E-state index is 0.0197. The Balaban J connectivity index is 1.49. The maximum absolute atomic E-state index is 6.34. The van der Waals surface area contributed by atoms with E-state index in [2.05, 4.69) is 154 Å². The molecule has 1 saturated heterocycles. The van der Waals surface area contributed by atoms with Crippen molar-refractivity contribution < 1.29 is 4.74 Å². The smallest absolute Gasteiger partial charge is 0.121 e. The number of rotatable bonds is 10. The van der Waals surface area contributed by atoms with E-state index in [1.54, 1.807) is 5.57 Å². The van der Waals surface area contributed by atoms with Crippen LogP contribution in [0.25, 0.3) is 0 Å². The van der Waals surface area contributed by atoms with E-state index in [9.17, 15) is 0 Å². The van der Waals surface area contributed by atoms with Crippen molar-refractivity contribution >= 4 is 0 Å². The quantitative estimate of drug-likeness (QED) is 0.194. The molecule has 2 atom stereocenters. The standard InChI is InChI=1S/C40H56O/c1-31(19-13-21-33(3)24-25-36-35(5)23-15-27-37(36,6)7)17-11-12-18-32(2)20-14-22-34(4)26-30-40-38(8,9)28-16-29-39(40,10)41-40/h11-14,17-22,24-26,30H,15-16,23,27-29H2,1-10H3/b12-11+,19-13?,20-14+,25-24?,30-26+,31-17?,32-18+,33-21?,34-22+. The first-order chi connectivity index (χ1) is 19.2. The van der Waals surface area contributed by atoms with Crippen molar-refractivity contribution in [1.82, 2.24) is 0 Å². The zero-order chi connectivity index (χ0) is 30.3. The van der Waals surface area contributed by atoms with Crippen molar-refractivity contribution in [3.05, 3.63) is 119 Å². The van der Waals surface area contributed by atoms with Gasteiger partial charge in [0.2, 0.25) is 0 Å². The van der Waals surface area contributed by atoms with Crippen LogP contribution in [0.15, 0.2) is 119 Å². The molecule has 3 aliphatic rings. The molecule has 1 nitrogen and oxygen atoms in total. The van der Waals surface area contributed by atoms with Gasteiger partial charge in [-0.2, -0.15) is 0 Å². The molecule has 3 rings (SSSR count). The lowest BCUT2D eigenvalue weighted by atomic mass is 9.64. The van der Waals surface area contributed by atoms with Gasteiger partial charge in [0, 0.05) is 5.41 Å². The highest BCUT2D eigenvalue weighted by molar-refractivity contribution is 5.38. The molecule has 0 radical (unpaired) electrons. The van der Waals surface area contributed by atoms with Gasteiger partial charge in [-0.15, -0.1) is 0 Å². The zero-order valence-corrected chi connectivity index (χ0v) is 27.7. The summed E-state index contributed by atoms with van der Waals surface area (Å²) in [6.45, 7) is 22.6. The van der Waals surface area contributed by atoms with E-state index in [4.69, 9.17) is 4.74 Å². The van der Waals surface area contributed by atoms with Gasteiger partial charge in [-0.05, 0) is 97.1 Å². The van der Waals surface area contributed by atoms with Crippen LogP contribution in [0.2, 0.25) is 0 Å². The number of allylic oxidation sites excluding steroid dienone is 19. The van der Waals surface area contributed by atoms with Gasteiger partial charge in [0.25, 0.3) is 0 Å². The Labute approximate surface area is 252 Å². The van der Waals surface area contributed by atoms with Crippen LogP contribution in [0, 0.1) is 10.8 Å². The van der Waals surface area contributed by atoms with Gasteiger partial charge in [-0.25, -0.2) is 0 Å². The summed E-state index contributed by atoms with van der Waals surface area (Å²) in [6, 6.07) is 0. The van der Waals surface area contributed by atoms with Gasteiger partial charge in [0.1, 0.15) is 5.60 Å². The van der Waals surface area contributed by atoms with Crippen molar-refractivity contribution in [2.24, 2.45) is 10.8 Å². The van der Waals surface area contributed by atoms with E-state index < -0.39 is 0 Å². The van der Waals surface area contributed by atoms with Crippen molar-refractivity contribution in [3.63, 3.8) is 0 Å². The SMILES string of the molecule is CC(C=CC1=C(C)CCCC1(C)C)=CC=CC(C)=C/C=C/C=C(C)/C=C/C=C(C)/C=C/C12OC1(C)CCCC2(C)C. The summed E-state index contributed by atoms with van der Waals surface area (Å²) in [4.78, 5) is 0. The Hall–Kier alpha value is -2.64. The molecule has 1 heteroatoms. The summed E-state index contributed by atoms with van der Waals surface area (Å²) in [5.74, 6) is 0. The van der Waals surface area contributed by atoms with Gasteiger partial charge in [-0.3, -0.25) is 0 Å². The van der Waals surface area contributed by atoms with Crippen LogP contribution in [0.4, 0.5) is 0 Å². The van der Waals surface area contributed by atoms with Crippen LogP contribution < -0.4 is 0 Å². The molecule has 41 heavy (non-hydrogen) atoms. The monoisotopic (exact) mass is 552 g/mol. The Bertz CT molecular complexity index is 1260. The first-order valence-corrected chi connectivity index (χ1v) is 15.7. The fourth-order valence-electron chi connectivity index (χ4n) is 6.72. The molecule has 0 spiro atoms. The minimum Gasteiger partial charge on any atom is -0.358 e. The van der Waals surface area contributed by atoms with Crippen LogP contribution >= 0.6 is 0 Å². The van der Waals surface area contributed by atoms with Crippen molar-refractivity contribution in [2.75, 3.05) is 0 Å². The summed E-state index contributed by atoms with van der Waals surface area (Å²) in [6.07, 6.45) is 38.1. The lowest BCUT2D eigenvalue weighted by Crippen LogP contribution is -2.41. The third-order valence-electron chi connectivity index (χ3n) is 9.49. The second-order valence-corrected chi connectivity index (χ2v) is 14.1. The molecule has 1 saturated carbocycles. The molecule has 1 heterocycles. The van der Waals surface area contributed by atoms with Crippen molar-refractivity contribution in [2.45, 2.75) is 119 Å². The molecule has 0 amide bonds. The molecule has 2 fully saturated rings. The van der Waals surface area contributed by atoms with Crippen LogP contribution in [0.5, 0.6) is 0 Å². The zero-order valence-electron chi connectivity index (χ0n) is 27.7. The molecule has 0 aromatic carbocycles. The van der Waals surface area contributed by atoms with Gasteiger partial charge in [0.05, 0.1) is 5.60 Å². The molecule has 0 bridgehead atoms. The molecule has 0 aromatic heterocycles. The Morgan fingerprint density at radius 3 is 1.73 bits per heavy atom. The van der Waals surface area contributed by atoms with Gasteiger partial charge < -0.3 is 4.74 Å². The molecule has 222 valence electrons. The molecule has 1 aliphatic heterocycles. The second kappa shape index (κ2) is 13.6. The fraction of sp³-hybridized carbons (Fsp3) is 0.500. The third-order valence-corrected chi connectivity index (χ3v) is 9.49. The predicted molar refractivity (Wildman–Crippen MR) is 181 cm³/mol. The van der Waals surface area contributed by atoms with Crippen molar-refractivity contribution in [1.29, 1.82) is 0 Å². The molecule has 0 aromatic rings. The predicted octanol–water partition coefficient (Wildman–Crippen LogP) is 11.8. The van der Waals surface area contributed by atoms with Crippen LogP contribution in [0.3, 0.4) is 0 Å². The summed E-state index contributed by atoms with van der Waals surface area (Å²) in [5.41, 5.74) is 8.42. The maximum Gasteiger partial charge on any atom is 0.121 e. The van der Waals surface area contributed by atoms with Crippen molar-refractivity contribution in [3.8, 4) is 0 Å². The number of epoxide rings is 1. The number of hydrogen-bond donors (Lipinski definition) is 0. The number of hydrogen-bond acceptors (Lipinski definition) is 1. The van der Waals surface area contributed by atoms with Gasteiger partial charge in [-0.1, -0.05) is 135 Å². The fourth-order valence-corrected chi connectivity index (χ4v) is 6.72. The minimum atomic E-state index is -0.103. The topological polar surface area (TPSA) is 12.5 Å². The van der Waals surface area contributed by atoms with Gasteiger partial charge >= 0.3 is 0 Å². The molecular formula is C40H56O.